The molecule has 5 nitrogen and oxygen atoms in total. The van der Waals surface area contributed by atoms with Crippen LogP contribution in [-0.2, 0) is 0 Å². The summed E-state index contributed by atoms with van der Waals surface area (Å²) in [6.45, 7) is 0. The third-order valence-corrected chi connectivity index (χ3v) is 2.66. The lowest BCUT2D eigenvalue weighted by atomic mass is 10.2. The van der Waals surface area contributed by atoms with E-state index >= 15 is 0 Å². The number of nitriles is 1. The van der Waals surface area contributed by atoms with Crippen molar-refractivity contribution >= 4 is 16.6 Å². The third kappa shape index (κ3) is 1.57. The van der Waals surface area contributed by atoms with E-state index < -0.39 is 0 Å². The summed E-state index contributed by atoms with van der Waals surface area (Å²) < 4.78 is 1.67. The second-order valence-electron chi connectivity index (χ2n) is 3.87. The highest BCUT2D eigenvalue weighted by Crippen LogP contribution is 2.19. The minimum Gasteiger partial charge on any atom is -0.399 e. The summed E-state index contributed by atoms with van der Waals surface area (Å²) in [5, 5.41) is 14.1. The molecule has 0 saturated heterocycles. The van der Waals surface area contributed by atoms with Crippen molar-refractivity contribution in [1.82, 2.24) is 14.8 Å². The lowest BCUT2D eigenvalue weighted by Gasteiger charge is -2.03. The van der Waals surface area contributed by atoms with Crippen LogP contribution in [0.15, 0.2) is 42.6 Å². The van der Waals surface area contributed by atoms with Crippen molar-refractivity contribution < 1.29 is 0 Å². The minimum atomic E-state index is 0.361. The van der Waals surface area contributed by atoms with E-state index in [1.54, 1.807) is 29.1 Å². The smallest absolute Gasteiger partial charge is 0.155 e. The molecule has 0 aliphatic heterocycles. The summed E-state index contributed by atoms with van der Waals surface area (Å²) >= 11 is 0. The van der Waals surface area contributed by atoms with Crippen molar-refractivity contribution in [2.24, 2.45) is 0 Å². The van der Waals surface area contributed by atoms with Gasteiger partial charge in [-0.3, -0.25) is 0 Å². The fourth-order valence-corrected chi connectivity index (χ4v) is 1.82. The van der Waals surface area contributed by atoms with Crippen molar-refractivity contribution in [2.45, 2.75) is 0 Å². The molecule has 0 atom stereocenters. The molecule has 0 amide bonds. The summed E-state index contributed by atoms with van der Waals surface area (Å²) in [6.07, 6.45) is 1.75. The zero-order valence-electron chi connectivity index (χ0n) is 9.41. The highest BCUT2D eigenvalue weighted by atomic mass is 15.3. The second-order valence-corrected chi connectivity index (χ2v) is 3.87. The topological polar surface area (TPSA) is 80.5 Å². The Morgan fingerprint density at radius 2 is 2.11 bits per heavy atom. The first-order valence-corrected chi connectivity index (χ1v) is 5.39. The lowest BCUT2D eigenvalue weighted by molar-refractivity contribution is 0.872. The van der Waals surface area contributed by atoms with E-state index in [1.165, 1.54) is 0 Å². The van der Waals surface area contributed by atoms with Gasteiger partial charge in [-0.1, -0.05) is 6.07 Å². The van der Waals surface area contributed by atoms with Gasteiger partial charge in [0.15, 0.2) is 5.82 Å². The number of benzene rings is 1. The van der Waals surface area contributed by atoms with Gasteiger partial charge in [-0.05, 0) is 30.3 Å². The first-order valence-electron chi connectivity index (χ1n) is 5.39. The van der Waals surface area contributed by atoms with E-state index in [0.717, 1.165) is 10.9 Å². The Kier molecular flexibility index (Phi) is 2.21. The zero-order valence-corrected chi connectivity index (χ0v) is 9.41. The van der Waals surface area contributed by atoms with Gasteiger partial charge in [-0.25, -0.2) is 9.67 Å². The molecule has 5 heteroatoms. The molecule has 2 heterocycles. The predicted octanol–water partition coefficient (Wildman–Crippen LogP) is 1.87. The third-order valence-electron chi connectivity index (χ3n) is 2.66. The van der Waals surface area contributed by atoms with Crippen LogP contribution < -0.4 is 5.73 Å². The fraction of sp³-hybridized carbons (Fsp3) is 0. The molecule has 3 rings (SSSR count). The number of aromatic nitrogens is 3. The molecule has 0 spiro atoms. The highest BCUT2D eigenvalue weighted by molar-refractivity contribution is 5.83. The molecule has 0 unspecified atom stereocenters. The molecular weight excluding hydrogens is 226 g/mol. The molecule has 2 N–H and O–H groups in total. The number of nitrogens with two attached hydrogens (primary N) is 1. The average molecular weight is 235 g/mol. The molecule has 0 radical (unpaired) electrons. The van der Waals surface area contributed by atoms with Gasteiger partial charge in [0, 0.05) is 11.1 Å². The van der Waals surface area contributed by atoms with Crippen molar-refractivity contribution in [1.29, 1.82) is 5.26 Å². The van der Waals surface area contributed by atoms with Crippen molar-refractivity contribution in [2.75, 3.05) is 5.73 Å². The SMILES string of the molecule is N#Cc1cccc(-n2ncc3ccc(N)cc32)n1. The van der Waals surface area contributed by atoms with Crippen molar-refractivity contribution in [3.63, 3.8) is 0 Å². The number of anilines is 1. The van der Waals surface area contributed by atoms with Crippen LogP contribution in [0.3, 0.4) is 0 Å². The summed E-state index contributed by atoms with van der Waals surface area (Å²) in [7, 11) is 0. The Bertz CT molecular complexity index is 766. The highest BCUT2D eigenvalue weighted by Gasteiger charge is 2.06. The Morgan fingerprint density at radius 3 is 2.94 bits per heavy atom. The average Bonchev–Trinajstić information content (AvgIpc) is 2.81. The first-order chi connectivity index (χ1) is 8.78. The van der Waals surface area contributed by atoms with E-state index in [4.69, 9.17) is 11.0 Å². The number of fused-ring (bicyclic) bond motifs is 1. The Morgan fingerprint density at radius 1 is 1.22 bits per heavy atom. The summed E-state index contributed by atoms with van der Waals surface area (Å²) in [4.78, 5) is 4.21. The van der Waals surface area contributed by atoms with Gasteiger partial charge in [0.05, 0.1) is 11.7 Å². The molecule has 0 saturated carbocycles. The number of hydrogen-bond donors (Lipinski definition) is 1. The quantitative estimate of drug-likeness (QED) is 0.653. The van der Waals surface area contributed by atoms with Crippen LogP contribution in [0.2, 0.25) is 0 Å². The Balaban J connectivity index is 2.25. The molecule has 0 aliphatic rings. The molecule has 0 aliphatic carbocycles. The van der Waals surface area contributed by atoms with Gasteiger partial charge in [-0.2, -0.15) is 10.4 Å². The van der Waals surface area contributed by atoms with Gasteiger partial charge in [-0.15, -0.1) is 0 Å². The molecule has 86 valence electrons. The van der Waals surface area contributed by atoms with Crippen LogP contribution >= 0.6 is 0 Å². The zero-order chi connectivity index (χ0) is 12.5. The van der Waals surface area contributed by atoms with E-state index in [-0.39, 0.29) is 0 Å². The standard InChI is InChI=1S/C13H9N5/c14-7-11-2-1-3-13(17-11)18-12-6-10(15)5-4-9(12)8-16-18/h1-6,8H,15H2. The number of pyridine rings is 1. The summed E-state index contributed by atoms with van der Waals surface area (Å²) in [5.41, 5.74) is 7.67. The fourth-order valence-electron chi connectivity index (χ4n) is 1.82. The summed E-state index contributed by atoms with van der Waals surface area (Å²) in [6, 6.07) is 12.8. The number of nitrogen functional groups attached to an aromatic ring is 1. The van der Waals surface area contributed by atoms with E-state index in [0.29, 0.717) is 17.2 Å². The number of rotatable bonds is 1. The molecule has 0 bridgehead atoms. The second kappa shape index (κ2) is 3.86. The minimum absolute atomic E-state index is 0.361. The van der Waals surface area contributed by atoms with Crippen LogP contribution in [0.25, 0.3) is 16.7 Å². The van der Waals surface area contributed by atoms with Crippen molar-refractivity contribution in [3.05, 3.63) is 48.3 Å². The van der Waals surface area contributed by atoms with Gasteiger partial charge < -0.3 is 5.73 Å². The normalized spacial score (nSPS) is 10.4. The van der Waals surface area contributed by atoms with E-state index in [9.17, 15) is 0 Å². The maximum atomic E-state index is 8.85. The van der Waals surface area contributed by atoms with Crippen LogP contribution in [-0.4, -0.2) is 14.8 Å². The van der Waals surface area contributed by atoms with Gasteiger partial charge >= 0.3 is 0 Å². The first kappa shape index (κ1) is 10.3. The van der Waals surface area contributed by atoms with Crippen LogP contribution in [0, 0.1) is 11.3 Å². The van der Waals surface area contributed by atoms with Gasteiger partial charge in [0.2, 0.25) is 0 Å². The maximum absolute atomic E-state index is 8.85. The van der Waals surface area contributed by atoms with Gasteiger partial charge in [0.25, 0.3) is 0 Å². The molecule has 2 aromatic heterocycles. The monoisotopic (exact) mass is 235 g/mol. The maximum Gasteiger partial charge on any atom is 0.155 e. The number of hydrogen-bond acceptors (Lipinski definition) is 4. The Labute approximate surface area is 103 Å². The van der Waals surface area contributed by atoms with Crippen LogP contribution in [0.1, 0.15) is 5.69 Å². The molecule has 0 fully saturated rings. The number of nitrogens with zero attached hydrogens (tertiary/aromatic N) is 4. The van der Waals surface area contributed by atoms with Crippen molar-refractivity contribution in [3.8, 4) is 11.9 Å². The Hall–Kier alpha value is -2.87. The van der Waals surface area contributed by atoms with Crippen LogP contribution in [0.4, 0.5) is 5.69 Å². The largest absolute Gasteiger partial charge is 0.399 e. The predicted molar refractivity (Wildman–Crippen MR) is 68.0 cm³/mol. The van der Waals surface area contributed by atoms with E-state index in [1.807, 2.05) is 24.3 Å². The molecular formula is C13H9N5. The molecule has 18 heavy (non-hydrogen) atoms. The summed E-state index contributed by atoms with van der Waals surface area (Å²) in [5.74, 6) is 0.606. The molecule has 1 aromatic carbocycles. The van der Waals surface area contributed by atoms with E-state index in [2.05, 4.69) is 10.1 Å². The molecule has 3 aromatic rings. The van der Waals surface area contributed by atoms with Gasteiger partial charge in [0.1, 0.15) is 11.8 Å². The van der Waals surface area contributed by atoms with Crippen LogP contribution in [0.5, 0.6) is 0 Å². The lowest BCUT2D eigenvalue weighted by Crippen LogP contribution is -2.00.